The van der Waals surface area contributed by atoms with Crippen molar-refractivity contribution in [3.63, 3.8) is 0 Å². The summed E-state index contributed by atoms with van der Waals surface area (Å²) in [5, 5.41) is 0. The van der Waals surface area contributed by atoms with Gasteiger partial charge in [0.1, 0.15) is 28.6 Å². The molecule has 1 saturated heterocycles. The fourth-order valence-corrected chi connectivity index (χ4v) is 6.02. The van der Waals surface area contributed by atoms with Crippen molar-refractivity contribution in [1.29, 1.82) is 0 Å². The molecule has 3 heterocycles. The van der Waals surface area contributed by atoms with E-state index < -0.39 is 5.83 Å². The second-order valence-corrected chi connectivity index (χ2v) is 11.3. The van der Waals surface area contributed by atoms with E-state index in [1.54, 1.807) is 18.3 Å². The van der Waals surface area contributed by atoms with Gasteiger partial charge < -0.3 is 10.6 Å². The van der Waals surface area contributed by atoms with Crippen LogP contribution in [0.25, 0.3) is 11.1 Å². The van der Waals surface area contributed by atoms with E-state index in [1.807, 2.05) is 22.7 Å². The van der Waals surface area contributed by atoms with E-state index in [9.17, 15) is 0 Å². The third-order valence-corrected chi connectivity index (χ3v) is 8.49. The molecule has 8 heteroatoms. The van der Waals surface area contributed by atoms with E-state index >= 15 is 4.39 Å². The lowest BCUT2D eigenvalue weighted by atomic mass is 9.78. The zero-order valence-electron chi connectivity index (χ0n) is 22.8. The third-order valence-electron chi connectivity index (χ3n) is 8.49. The molecule has 4 aliphatic rings. The molecule has 6 rings (SSSR count). The predicted molar refractivity (Wildman–Crippen MR) is 156 cm³/mol. The number of halogens is 1. The van der Waals surface area contributed by atoms with E-state index in [4.69, 9.17) is 10.7 Å². The van der Waals surface area contributed by atoms with Crippen molar-refractivity contribution in [3.05, 3.63) is 90.1 Å². The minimum Gasteiger partial charge on any atom is -0.382 e. The molecule has 7 nitrogen and oxygen atoms in total. The monoisotopic (exact) mass is 525 g/mol. The Morgan fingerprint density at radius 1 is 1.18 bits per heavy atom. The Labute approximate surface area is 229 Å². The van der Waals surface area contributed by atoms with Crippen LogP contribution in [0.15, 0.2) is 83.6 Å². The average Bonchev–Trinajstić information content (AvgIpc) is 3.27. The topological polar surface area (TPSA) is 75.0 Å². The molecular formula is C31H36FN7. The molecule has 1 atom stereocenters. The van der Waals surface area contributed by atoms with Gasteiger partial charge in [-0.15, -0.1) is 0 Å². The molecule has 0 spiro atoms. The van der Waals surface area contributed by atoms with Crippen molar-refractivity contribution in [2.75, 3.05) is 39.0 Å². The minimum atomic E-state index is -0.470. The number of piperazine rings is 1. The Kier molecular flexibility index (Phi) is 6.69. The van der Waals surface area contributed by atoms with Crippen LogP contribution in [-0.4, -0.2) is 69.1 Å². The smallest absolute Gasteiger partial charge is 0.158 e. The largest absolute Gasteiger partial charge is 0.382 e. The van der Waals surface area contributed by atoms with Crippen LogP contribution in [0.4, 0.5) is 10.2 Å². The molecular weight excluding hydrogens is 489 g/mol. The number of fused-ring (bicyclic) bond motifs is 1. The molecule has 0 bridgehead atoms. The minimum absolute atomic E-state index is 0.185. The molecule has 0 aromatic carbocycles. The predicted octanol–water partition coefficient (Wildman–Crippen LogP) is 5.09. The SMILES string of the molecule is C=C1C=CC(c2nc(C3CC(N4CCN(C)CC4)C3)n3ccnc(N)c23)=C(F)C1=NC(=C)C1=CC=CC(C)C1. The van der Waals surface area contributed by atoms with Gasteiger partial charge in [0.25, 0.3) is 0 Å². The second-order valence-electron chi connectivity index (χ2n) is 11.3. The lowest BCUT2D eigenvalue weighted by Crippen LogP contribution is -2.52. The highest BCUT2D eigenvalue weighted by atomic mass is 19.1. The Balaban J connectivity index is 1.33. The number of nitrogens with two attached hydrogens (primary N) is 1. The summed E-state index contributed by atoms with van der Waals surface area (Å²) in [7, 11) is 2.18. The van der Waals surface area contributed by atoms with Crippen LogP contribution >= 0.6 is 0 Å². The zero-order valence-corrected chi connectivity index (χ0v) is 22.8. The molecule has 1 saturated carbocycles. The number of aliphatic imine (C=N–C) groups is 1. The number of imidazole rings is 1. The molecule has 2 aromatic heterocycles. The number of aromatic nitrogens is 3. The maximum atomic E-state index is 16.2. The van der Waals surface area contributed by atoms with Crippen molar-refractivity contribution in [1.82, 2.24) is 24.2 Å². The van der Waals surface area contributed by atoms with E-state index in [1.165, 1.54) is 0 Å². The summed E-state index contributed by atoms with van der Waals surface area (Å²) in [4.78, 5) is 18.9. The summed E-state index contributed by atoms with van der Waals surface area (Å²) < 4.78 is 18.2. The number of hydrogen-bond donors (Lipinski definition) is 1. The van der Waals surface area contributed by atoms with E-state index in [0.717, 1.165) is 56.8 Å². The first kappa shape index (κ1) is 25.6. The van der Waals surface area contributed by atoms with Crippen LogP contribution in [0.2, 0.25) is 0 Å². The van der Waals surface area contributed by atoms with Crippen molar-refractivity contribution in [2.45, 2.75) is 38.1 Å². The summed E-state index contributed by atoms with van der Waals surface area (Å²) >= 11 is 0. The van der Waals surface area contributed by atoms with Gasteiger partial charge in [0, 0.05) is 56.1 Å². The Morgan fingerprint density at radius 3 is 2.69 bits per heavy atom. The van der Waals surface area contributed by atoms with Gasteiger partial charge in [0.2, 0.25) is 0 Å². The van der Waals surface area contributed by atoms with E-state index in [2.05, 4.69) is 53.0 Å². The van der Waals surface area contributed by atoms with E-state index in [0.29, 0.717) is 45.8 Å². The van der Waals surface area contributed by atoms with Crippen LogP contribution in [-0.2, 0) is 0 Å². The Hall–Kier alpha value is -3.62. The number of nitrogens with zero attached hydrogens (tertiary/aromatic N) is 6. The number of allylic oxidation sites excluding steroid dienone is 9. The van der Waals surface area contributed by atoms with Crippen LogP contribution in [0.1, 0.15) is 43.6 Å². The molecule has 39 heavy (non-hydrogen) atoms. The zero-order chi connectivity index (χ0) is 27.3. The van der Waals surface area contributed by atoms with Crippen LogP contribution in [0.3, 0.4) is 0 Å². The standard InChI is InChI=1S/C31H36FN7/c1-19-6-5-7-22(16-19)21(3)35-27-20(2)8-9-25(26(27)32)28-29-30(33)34-10-11-39(29)31(36-28)23-17-24(18-23)38-14-12-37(4)13-15-38/h5-11,19,23-24H,2-3,12-18H2,1,4H3,(H2,33,34). The summed E-state index contributed by atoms with van der Waals surface area (Å²) in [5.41, 5.74) is 10.1. The second kappa shape index (κ2) is 10.2. The van der Waals surface area contributed by atoms with Gasteiger partial charge in [-0.05, 0) is 49.5 Å². The molecule has 202 valence electrons. The lowest BCUT2D eigenvalue weighted by molar-refractivity contribution is 0.0586. The van der Waals surface area contributed by atoms with Gasteiger partial charge in [-0.25, -0.2) is 19.4 Å². The molecule has 3 aliphatic carbocycles. The molecule has 2 aromatic rings. The first-order valence-electron chi connectivity index (χ1n) is 13.8. The van der Waals surface area contributed by atoms with Crippen LogP contribution < -0.4 is 5.73 Å². The number of nitrogen functional groups attached to an aromatic ring is 1. The highest BCUT2D eigenvalue weighted by molar-refractivity contribution is 6.20. The quantitative estimate of drug-likeness (QED) is 0.589. The summed E-state index contributed by atoms with van der Waals surface area (Å²) in [6.07, 6.45) is 16.1. The van der Waals surface area contributed by atoms with Gasteiger partial charge in [-0.2, -0.15) is 0 Å². The average molecular weight is 526 g/mol. The Bertz CT molecular complexity index is 1490. The molecule has 0 amide bonds. The van der Waals surface area contributed by atoms with Crippen molar-refractivity contribution in [2.24, 2.45) is 10.9 Å². The van der Waals surface area contributed by atoms with Gasteiger partial charge in [0.15, 0.2) is 5.83 Å². The number of hydrogen-bond acceptors (Lipinski definition) is 6. The van der Waals surface area contributed by atoms with Crippen LogP contribution in [0.5, 0.6) is 0 Å². The maximum absolute atomic E-state index is 16.2. The third kappa shape index (κ3) is 4.72. The van der Waals surface area contributed by atoms with Crippen molar-refractivity contribution >= 4 is 22.6 Å². The van der Waals surface area contributed by atoms with Crippen molar-refractivity contribution in [3.8, 4) is 0 Å². The first-order valence-corrected chi connectivity index (χ1v) is 13.8. The summed E-state index contributed by atoms with van der Waals surface area (Å²) in [5.74, 6) is 1.44. The normalized spacial score (nSPS) is 27.4. The molecule has 0 radical (unpaired) electrons. The highest BCUT2D eigenvalue weighted by Gasteiger charge is 2.38. The van der Waals surface area contributed by atoms with Crippen LogP contribution in [0, 0.1) is 5.92 Å². The fourth-order valence-electron chi connectivity index (χ4n) is 6.02. The Morgan fingerprint density at radius 2 is 1.95 bits per heavy atom. The summed E-state index contributed by atoms with van der Waals surface area (Å²) in [6.45, 7) is 14.7. The highest BCUT2D eigenvalue weighted by Crippen LogP contribution is 2.42. The lowest BCUT2D eigenvalue weighted by Gasteiger charge is -2.45. The molecule has 2 fully saturated rings. The van der Waals surface area contributed by atoms with Gasteiger partial charge >= 0.3 is 0 Å². The summed E-state index contributed by atoms with van der Waals surface area (Å²) in [6, 6.07) is 0.559. The number of anilines is 1. The van der Waals surface area contributed by atoms with E-state index in [-0.39, 0.29) is 11.6 Å². The molecule has 1 aliphatic heterocycles. The molecule has 2 N–H and O–H groups in total. The number of rotatable bonds is 5. The molecule has 1 unspecified atom stereocenters. The van der Waals surface area contributed by atoms with Gasteiger partial charge in [-0.1, -0.05) is 44.4 Å². The maximum Gasteiger partial charge on any atom is 0.158 e. The van der Waals surface area contributed by atoms with Crippen molar-refractivity contribution < 1.29 is 4.39 Å². The van der Waals surface area contributed by atoms with Gasteiger partial charge in [0.05, 0.1) is 5.70 Å². The number of likely N-dealkylation sites (N-methyl/N-ethyl adjacent to an activating group) is 1. The van der Waals surface area contributed by atoms with Gasteiger partial charge in [-0.3, -0.25) is 9.30 Å². The first-order chi connectivity index (χ1) is 18.8. The fraction of sp³-hybridized carbons (Fsp3) is 0.387.